The van der Waals surface area contributed by atoms with Crippen LogP contribution in [-0.2, 0) is 5.54 Å². The lowest BCUT2D eigenvalue weighted by Crippen LogP contribution is -2.43. The van der Waals surface area contributed by atoms with Gasteiger partial charge in [-0.3, -0.25) is 4.90 Å². The lowest BCUT2D eigenvalue weighted by Gasteiger charge is -2.40. The molecule has 1 heterocycles. The fraction of sp³-hybridized carbons (Fsp3) is 0.429. The first-order valence-electron chi connectivity index (χ1n) is 8.71. The van der Waals surface area contributed by atoms with Crippen LogP contribution in [0.25, 0.3) is 6.08 Å². The molecule has 1 nitrogen and oxygen atoms in total. The molecule has 3 rings (SSSR count). The third-order valence-corrected chi connectivity index (χ3v) is 6.15. The SMILES string of the molecule is CCC(C/C=C/c1ccccc1)(c1cccs1)N(C)CC1CC1. The lowest BCUT2D eigenvalue weighted by atomic mass is 9.87. The van der Waals surface area contributed by atoms with Gasteiger partial charge in [0.25, 0.3) is 0 Å². The van der Waals surface area contributed by atoms with Gasteiger partial charge in [0.2, 0.25) is 0 Å². The lowest BCUT2D eigenvalue weighted by molar-refractivity contribution is 0.112. The van der Waals surface area contributed by atoms with Crippen molar-refractivity contribution in [3.63, 3.8) is 0 Å². The van der Waals surface area contributed by atoms with Crippen LogP contribution in [0.15, 0.2) is 53.9 Å². The van der Waals surface area contributed by atoms with E-state index in [1.54, 1.807) is 0 Å². The van der Waals surface area contributed by atoms with Crippen LogP contribution in [0, 0.1) is 5.92 Å². The molecule has 1 aromatic heterocycles. The molecule has 1 aliphatic rings. The highest BCUT2D eigenvalue weighted by molar-refractivity contribution is 7.10. The molecule has 1 aromatic carbocycles. The van der Waals surface area contributed by atoms with Crippen LogP contribution in [0.1, 0.15) is 43.0 Å². The van der Waals surface area contributed by atoms with Crippen LogP contribution in [0.3, 0.4) is 0 Å². The van der Waals surface area contributed by atoms with E-state index in [-0.39, 0.29) is 5.54 Å². The molecular weight excluding hydrogens is 298 g/mol. The van der Waals surface area contributed by atoms with E-state index in [0.29, 0.717) is 0 Å². The Morgan fingerprint density at radius 2 is 1.96 bits per heavy atom. The Bertz CT molecular complexity index is 613. The van der Waals surface area contributed by atoms with E-state index < -0.39 is 0 Å². The van der Waals surface area contributed by atoms with Gasteiger partial charge < -0.3 is 0 Å². The molecule has 0 bridgehead atoms. The highest BCUT2D eigenvalue weighted by Crippen LogP contribution is 2.41. The van der Waals surface area contributed by atoms with Crippen LogP contribution >= 0.6 is 11.3 Å². The van der Waals surface area contributed by atoms with Crippen LogP contribution < -0.4 is 0 Å². The van der Waals surface area contributed by atoms with E-state index in [9.17, 15) is 0 Å². The van der Waals surface area contributed by atoms with Crippen molar-refractivity contribution in [2.75, 3.05) is 13.6 Å². The Morgan fingerprint density at radius 3 is 2.57 bits per heavy atom. The largest absolute Gasteiger partial charge is 0.295 e. The van der Waals surface area contributed by atoms with Crippen molar-refractivity contribution in [1.29, 1.82) is 0 Å². The summed E-state index contributed by atoms with van der Waals surface area (Å²) in [5, 5.41) is 2.21. The fourth-order valence-electron chi connectivity index (χ4n) is 3.39. The van der Waals surface area contributed by atoms with E-state index in [1.165, 1.54) is 29.8 Å². The molecule has 1 aliphatic carbocycles. The average molecular weight is 326 g/mol. The number of hydrogen-bond donors (Lipinski definition) is 0. The van der Waals surface area contributed by atoms with Crippen molar-refractivity contribution in [1.82, 2.24) is 4.90 Å². The van der Waals surface area contributed by atoms with Gasteiger partial charge in [0.15, 0.2) is 0 Å². The van der Waals surface area contributed by atoms with Gasteiger partial charge in [-0.1, -0.05) is 55.5 Å². The summed E-state index contributed by atoms with van der Waals surface area (Å²) in [5.41, 5.74) is 1.43. The van der Waals surface area contributed by atoms with E-state index in [2.05, 4.69) is 78.9 Å². The molecule has 0 amide bonds. The molecule has 2 aromatic rings. The normalized spacial score (nSPS) is 17.7. The van der Waals surface area contributed by atoms with Crippen LogP contribution in [-0.4, -0.2) is 18.5 Å². The smallest absolute Gasteiger partial charge is 0.0583 e. The summed E-state index contributed by atoms with van der Waals surface area (Å²) in [6.45, 7) is 3.56. The summed E-state index contributed by atoms with van der Waals surface area (Å²) in [5.74, 6) is 0.920. The molecule has 1 unspecified atom stereocenters. The van der Waals surface area contributed by atoms with Crippen molar-refractivity contribution in [2.45, 2.75) is 38.1 Å². The Kier molecular flexibility index (Phi) is 5.34. The van der Waals surface area contributed by atoms with Gasteiger partial charge in [-0.15, -0.1) is 11.3 Å². The summed E-state index contributed by atoms with van der Waals surface area (Å²) in [6, 6.07) is 15.1. The number of rotatable bonds is 8. The standard InChI is InChI=1S/C21H27NS/c1-3-21(20-12-8-16-23-20,22(2)17-19-13-14-19)15-7-11-18-9-5-4-6-10-18/h4-12,16,19H,3,13-15,17H2,1-2H3/b11-7+. The summed E-state index contributed by atoms with van der Waals surface area (Å²) in [4.78, 5) is 4.12. The number of hydrogen-bond acceptors (Lipinski definition) is 2. The van der Waals surface area contributed by atoms with Crippen LogP contribution in [0.4, 0.5) is 0 Å². The zero-order valence-electron chi connectivity index (χ0n) is 14.2. The second-order valence-electron chi connectivity index (χ2n) is 6.70. The van der Waals surface area contributed by atoms with Gasteiger partial charge in [-0.05, 0) is 55.7 Å². The van der Waals surface area contributed by atoms with Crippen LogP contribution in [0.2, 0.25) is 0 Å². The Labute approximate surface area is 144 Å². The zero-order valence-corrected chi connectivity index (χ0v) is 15.1. The molecule has 1 fully saturated rings. The monoisotopic (exact) mass is 325 g/mol. The molecular formula is C21H27NS. The van der Waals surface area contributed by atoms with Crippen LogP contribution in [0.5, 0.6) is 0 Å². The molecule has 0 aliphatic heterocycles. The summed E-state index contributed by atoms with van der Waals surface area (Å²) in [7, 11) is 2.32. The van der Waals surface area contributed by atoms with Gasteiger partial charge in [0.05, 0.1) is 5.54 Å². The average Bonchev–Trinajstić information content (AvgIpc) is 3.22. The number of thiophene rings is 1. The highest BCUT2D eigenvalue weighted by Gasteiger charge is 2.37. The second-order valence-corrected chi connectivity index (χ2v) is 7.65. The summed E-state index contributed by atoms with van der Waals surface area (Å²) in [6.07, 6.45) is 9.67. The Morgan fingerprint density at radius 1 is 1.17 bits per heavy atom. The molecule has 0 spiro atoms. The molecule has 0 N–H and O–H groups in total. The van der Waals surface area contributed by atoms with E-state index in [0.717, 1.165) is 18.8 Å². The first-order valence-corrected chi connectivity index (χ1v) is 9.59. The maximum absolute atomic E-state index is 2.62. The van der Waals surface area contributed by atoms with E-state index in [4.69, 9.17) is 0 Å². The quantitative estimate of drug-likeness (QED) is 0.593. The molecule has 2 heteroatoms. The van der Waals surface area contributed by atoms with Crippen molar-refractivity contribution >= 4 is 17.4 Å². The minimum atomic E-state index is 0.141. The van der Waals surface area contributed by atoms with E-state index >= 15 is 0 Å². The fourth-order valence-corrected chi connectivity index (χ4v) is 4.46. The Balaban J connectivity index is 1.80. The molecule has 0 saturated heterocycles. The third-order valence-electron chi connectivity index (χ3n) is 5.09. The number of benzene rings is 1. The second kappa shape index (κ2) is 7.46. The topological polar surface area (TPSA) is 3.24 Å². The van der Waals surface area contributed by atoms with E-state index in [1.807, 2.05) is 11.3 Å². The number of nitrogens with zero attached hydrogens (tertiary/aromatic N) is 1. The predicted molar refractivity (Wildman–Crippen MR) is 102 cm³/mol. The Hall–Kier alpha value is -1.38. The minimum absolute atomic E-state index is 0.141. The maximum atomic E-state index is 2.62. The maximum Gasteiger partial charge on any atom is 0.0583 e. The van der Waals surface area contributed by atoms with Gasteiger partial charge in [0.1, 0.15) is 0 Å². The highest BCUT2D eigenvalue weighted by atomic mass is 32.1. The third kappa shape index (κ3) is 3.94. The first-order chi connectivity index (χ1) is 11.2. The van der Waals surface area contributed by atoms with Crippen molar-refractivity contribution in [2.24, 2.45) is 5.92 Å². The van der Waals surface area contributed by atoms with Gasteiger partial charge in [-0.2, -0.15) is 0 Å². The minimum Gasteiger partial charge on any atom is -0.295 e. The zero-order chi connectivity index (χ0) is 16.1. The van der Waals surface area contributed by atoms with Crippen molar-refractivity contribution in [3.05, 3.63) is 64.4 Å². The van der Waals surface area contributed by atoms with Crippen molar-refractivity contribution < 1.29 is 0 Å². The summed E-state index contributed by atoms with van der Waals surface area (Å²) >= 11 is 1.90. The molecule has 0 radical (unpaired) electrons. The van der Waals surface area contributed by atoms with Crippen molar-refractivity contribution in [3.8, 4) is 0 Å². The van der Waals surface area contributed by atoms with Gasteiger partial charge in [0, 0.05) is 11.4 Å². The molecule has 122 valence electrons. The van der Waals surface area contributed by atoms with Gasteiger partial charge in [-0.25, -0.2) is 0 Å². The first kappa shape index (κ1) is 16.5. The molecule has 1 saturated carbocycles. The van der Waals surface area contributed by atoms with Gasteiger partial charge >= 0.3 is 0 Å². The predicted octanol–water partition coefficient (Wildman–Crippen LogP) is 5.80. The molecule has 23 heavy (non-hydrogen) atoms. The molecule has 1 atom stereocenters. The summed E-state index contributed by atoms with van der Waals surface area (Å²) < 4.78 is 0.